The van der Waals surface area contributed by atoms with E-state index in [1.165, 1.54) is 4.90 Å². The summed E-state index contributed by atoms with van der Waals surface area (Å²) < 4.78 is -0.419. The summed E-state index contributed by atoms with van der Waals surface area (Å²) in [6.07, 6.45) is 2.32. The first-order valence-corrected chi connectivity index (χ1v) is 6.55. The zero-order valence-electron chi connectivity index (χ0n) is 10.0. The lowest BCUT2D eigenvalue weighted by Crippen LogP contribution is -2.49. The molecule has 0 saturated carbocycles. The van der Waals surface area contributed by atoms with E-state index in [0.29, 0.717) is 6.42 Å². The summed E-state index contributed by atoms with van der Waals surface area (Å²) in [5.41, 5.74) is 0. The summed E-state index contributed by atoms with van der Waals surface area (Å²) in [6.45, 7) is 3.70. The van der Waals surface area contributed by atoms with E-state index in [1.807, 2.05) is 6.92 Å². The first-order valence-electron chi connectivity index (χ1n) is 5.56. The van der Waals surface area contributed by atoms with Crippen LogP contribution in [0.15, 0.2) is 0 Å². The molecule has 1 heterocycles. The summed E-state index contributed by atoms with van der Waals surface area (Å²) in [5.74, 6) is 0.00846. The van der Waals surface area contributed by atoms with Crippen molar-refractivity contribution in [3.8, 4) is 0 Å². The number of carbonyl (C=O) groups is 2. The van der Waals surface area contributed by atoms with Gasteiger partial charge >= 0.3 is 5.97 Å². The number of hydrogen-bond donors (Lipinski definition) is 1. The van der Waals surface area contributed by atoms with Crippen LogP contribution in [0.5, 0.6) is 0 Å². The van der Waals surface area contributed by atoms with E-state index in [2.05, 4.69) is 0 Å². The molecule has 0 spiro atoms. The second-order valence-corrected chi connectivity index (χ2v) is 5.96. The third kappa shape index (κ3) is 2.51. The van der Waals surface area contributed by atoms with E-state index in [-0.39, 0.29) is 5.91 Å². The highest BCUT2D eigenvalue weighted by Gasteiger charge is 2.41. The molecule has 2 unspecified atom stereocenters. The van der Waals surface area contributed by atoms with Gasteiger partial charge < -0.3 is 10.0 Å². The molecule has 2 atom stereocenters. The van der Waals surface area contributed by atoms with Gasteiger partial charge in [0.2, 0.25) is 5.91 Å². The van der Waals surface area contributed by atoms with Crippen molar-refractivity contribution >= 4 is 23.6 Å². The van der Waals surface area contributed by atoms with Crippen LogP contribution in [-0.2, 0) is 9.59 Å². The molecule has 0 aromatic rings. The summed E-state index contributed by atoms with van der Waals surface area (Å²) in [4.78, 5) is 24.6. The Kier molecular flexibility index (Phi) is 4.24. The van der Waals surface area contributed by atoms with E-state index in [9.17, 15) is 9.59 Å². The number of likely N-dealkylation sites (N-methyl/N-ethyl adjacent to an activating group) is 1. The van der Waals surface area contributed by atoms with E-state index in [4.69, 9.17) is 5.11 Å². The van der Waals surface area contributed by atoms with Gasteiger partial charge in [-0.3, -0.25) is 4.79 Å². The zero-order valence-corrected chi connectivity index (χ0v) is 10.8. The number of thioether (sulfide) groups is 1. The molecular weight excluding hydrogens is 226 g/mol. The Hall–Kier alpha value is -0.710. The maximum Gasteiger partial charge on any atom is 0.326 e. The fraction of sp³-hybridized carbons (Fsp3) is 0.818. The maximum absolute atomic E-state index is 12.2. The number of hydrogen-bond acceptors (Lipinski definition) is 3. The molecule has 0 aromatic carbocycles. The van der Waals surface area contributed by atoms with Crippen molar-refractivity contribution in [2.45, 2.75) is 43.9 Å². The number of carbonyl (C=O) groups excluding carboxylic acids is 1. The van der Waals surface area contributed by atoms with Crippen molar-refractivity contribution in [3.63, 3.8) is 0 Å². The Labute approximate surface area is 100 Å². The average molecular weight is 245 g/mol. The minimum Gasteiger partial charge on any atom is -0.480 e. The lowest BCUT2D eigenvalue weighted by molar-refractivity contribution is -0.149. The van der Waals surface area contributed by atoms with Crippen LogP contribution >= 0.6 is 11.8 Å². The molecule has 0 aromatic heterocycles. The van der Waals surface area contributed by atoms with Gasteiger partial charge in [-0.1, -0.05) is 6.92 Å². The molecule has 1 fully saturated rings. The topological polar surface area (TPSA) is 57.6 Å². The van der Waals surface area contributed by atoms with Gasteiger partial charge in [0.1, 0.15) is 6.04 Å². The van der Waals surface area contributed by atoms with Crippen molar-refractivity contribution in [3.05, 3.63) is 0 Å². The van der Waals surface area contributed by atoms with Crippen molar-refractivity contribution in [1.82, 2.24) is 4.90 Å². The smallest absolute Gasteiger partial charge is 0.326 e. The first-order chi connectivity index (χ1) is 7.42. The van der Waals surface area contributed by atoms with Crippen molar-refractivity contribution in [1.29, 1.82) is 0 Å². The van der Waals surface area contributed by atoms with E-state index >= 15 is 0 Å². The van der Waals surface area contributed by atoms with Crippen LogP contribution in [0.25, 0.3) is 0 Å². The third-order valence-electron chi connectivity index (χ3n) is 3.13. The molecule has 16 heavy (non-hydrogen) atoms. The van der Waals surface area contributed by atoms with Gasteiger partial charge in [0.05, 0.1) is 4.75 Å². The van der Waals surface area contributed by atoms with Gasteiger partial charge in [-0.2, -0.15) is 0 Å². The van der Waals surface area contributed by atoms with Gasteiger partial charge in [0.25, 0.3) is 0 Å². The van der Waals surface area contributed by atoms with Gasteiger partial charge in [-0.15, -0.1) is 11.8 Å². The third-order valence-corrected chi connectivity index (χ3v) is 4.64. The fourth-order valence-electron chi connectivity index (χ4n) is 2.08. The van der Waals surface area contributed by atoms with Crippen LogP contribution in [0.3, 0.4) is 0 Å². The lowest BCUT2D eigenvalue weighted by Gasteiger charge is -2.31. The molecule has 0 aliphatic carbocycles. The minimum absolute atomic E-state index is 0.0516. The SMILES string of the molecule is CCC(C(=O)O)N(C)C(=O)C1(C)CCCS1. The summed E-state index contributed by atoms with van der Waals surface area (Å²) in [6, 6.07) is -0.703. The Bertz CT molecular complexity index is 287. The Morgan fingerprint density at radius 2 is 2.19 bits per heavy atom. The second-order valence-electron chi connectivity index (χ2n) is 4.36. The van der Waals surface area contributed by atoms with Crippen LogP contribution in [0.4, 0.5) is 0 Å². The van der Waals surface area contributed by atoms with Crippen LogP contribution in [0.1, 0.15) is 33.1 Å². The molecule has 1 amide bonds. The highest BCUT2D eigenvalue weighted by Crippen LogP contribution is 2.39. The van der Waals surface area contributed by atoms with E-state index in [0.717, 1.165) is 18.6 Å². The van der Waals surface area contributed by atoms with Crippen LogP contribution in [0.2, 0.25) is 0 Å². The normalized spacial score (nSPS) is 26.4. The van der Waals surface area contributed by atoms with Crippen molar-refractivity contribution in [2.75, 3.05) is 12.8 Å². The van der Waals surface area contributed by atoms with Crippen molar-refractivity contribution in [2.24, 2.45) is 0 Å². The summed E-state index contributed by atoms with van der Waals surface area (Å²) in [7, 11) is 1.59. The largest absolute Gasteiger partial charge is 0.480 e. The van der Waals surface area contributed by atoms with Gasteiger partial charge in [-0.25, -0.2) is 4.79 Å². The number of nitrogens with zero attached hydrogens (tertiary/aromatic N) is 1. The van der Waals surface area contributed by atoms with Gasteiger partial charge in [0.15, 0.2) is 0 Å². The first kappa shape index (κ1) is 13.4. The van der Waals surface area contributed by atoms with Gasteiger partial charge in [0, 0.05) is 7.05 Å². The number of amides is 1. The standard InChI is InChI=1S/C11H19NO3S/c1-4-8(9(13)14)12(3)10(15)11(2)6-5-7-16-11/h8H,4-7H2,1-3H3,(H,13,14). The minimum atomic E-state index is -0.926. The highest BCUT2D eigenvalue weighted by atomic mass is 32.2. The molecule has 1 aliphatic rings. The number of rotatable bonds is 4. The monoisotopic (exact) mass is 245 g/mol. The van der Waals surface area contributed by atoms with Crippen LogP contribution in [-0.4, -0.2) is 45.5 Å². The quantitative estimate of drug-likeness (QED) is 0.817. The Balaban J connectivity index is 2.76. The molecule has 0 radical (unpaired) electrons. The molecule has 1 rings (SSSR count). The highest BCUT2D eigenvalue weighted by molar-refractivity contribution is 8.01. The molecule has 1 saturated heterocycles. The summed E-state index contributed by atoms with van der Waals surface area (Å²) >= 11 is 1.64. The maximum atomic E-state index is 12.2. The Morgan fingerprint density at radius 3 is 2.56 bits per heavy atom. The predicted molar refractivity (Wildman–Crippen MR) is 64.6 cm³/mol. The molecule has 5 heteroatoms. The molecular formula is C11H19NO3S. The number of carboxylic acid groups (broad SMARTS) is 1. The number of aliphatic carboxylic acids is 1. The van der Waals surface area contributed by atoms with Crippen LogP contribution in [0, 0.1) is 0 Å². The van der Waals surface area contributed by atoms with Crippen LogP contribution < -0.4 is 0 Å². The lowest BCUT2D eigenvalue weighted by atomic mass is 10.0. The molecule has 1 N–H and O–H groups in total. The number of carboxylic acids is 1. The van der Waals surface area contributed by atoms with E-state index < -0.39 is 16.8 Å². The van der Waals surface area contributed by atoms with Gasteiger partial charge in [-0.05, 0) is 31.9 Å². The molecule has 1 aliphatic heterocycles. The fourth-order valence-corrected chi connectivity index (χ4v) is 3.37. The molecule has 0 bridgehead atoms. The molecule has 4 nitrogen and oxygen atoms in total. The summed E-state index contributed by atoms with van der Waals surface area (Å²) in [5, 5.41) is 9.02. The molecule has 92 valence electrons. The zero-order chi connectivity index (χ0) is 12.3. The average Bonchev–Trinajstić information content (AvgIpc) is 2.65. The second kappa shape index (κ2) is 5.08. The van der Waals surface area contributed by atoms with Crippen molar-refractivity contribution < 1.29 is 14.7 Å². The van der Waals surface area contributed by atoms with E-state index in [1.54, 1.807) is 25.7 Å². The predicted octanol–water partition coefficient (Wildman–Crippen LogP) is 1.59. The Morgan fingerprint density at radius 1 is 1.56 bits per heavy atom.